The van der Waals surface area contributed by atoms with Crippen molar-refractivity contribution in [2.24, 2.45) is 0 Å². The third kappa shape index (κ3) is 4.22. The zero-order valence-corrected chi connectivity index (χ0v) is 12.3. The van der Waals surface area contributed by atoms with Crippen molar-refractivity contribution in [3.05, 3.63) is 29.7 Å². The molecule has 2 aromatic rings. The summed E-state index contributed by atoms with van der Waals surface area (Å²) in [6, 6.07) is 1.84. The van der Waals surface area contributed by atoms with Gasteiger partial charge in [0.1, 0.15) is 0 Å². The van der Waals surface area contributed by atoms with Gasteiger partial charge in [0.2, 0.25) is 11.8 Å². The molecule has 1 N–H and O–H groups in total. The molecular formula is C14H21N5O. The SMILES string of the molecule is CCCOc1cc(C)nc(NCCn2cc(C)cn2)n1. The third-order valence-electron chi connectivity index (χ3n) is 2.67. The van der Waals surface area contributed by atoms with Gasteiger partial charge >= 0.3 is 0 Å². The maximum Gasteiger partial charge on any atom is 0.226 e. The highest BCUT2D eigenvalue weighted by atomic mass is 16.5. The number of rotatable bonds is 7. The minimum Gasteiger partial charge on any atom is -0.478 e. The van der Waals surface area contributed by atoms with E-state index in [0.29, 0.717) is 18.4 Å². The van der Waals surface area contributed by atoms with Crippen LogP contribution in [0.2, 0.25) is 0 Å². The molecule has 6 nitrogen and oxygen atoms in total. The Labute approximate surface area is 119 Å². The molecule has 0 bridgehead atoms. The first-order valence-electron chi connectivity index (χ1n) is 6.89. The average Bonchev–Trinajstić information content (AvgIpc) is 2.81. The van der Waals surface area contributed by atoms with Crippen LogP contribution in [-0.2, 0) is 6.54 Å². The van der Waals surface area contributed by atoms with Gasteiger partial charge in [-0.2, -0.15) is 10.1 Å². The van der Waals surface area contributed by atoms with Gasteiger partial charge in [0.25, 0.3) is 0 Å². The van der Waals surface area contributed by atoms with E-state index in [1.165, 1.54) is 0 Å². The standard InChI is InChI=1S/C14H21N5O/c1-4-7-20-13-8-12(3)17-14(18-13)15-5-6-19-10-11(2)9-16-19/h8-10H,4-7H2,1-3H3,(H,15,17,18). The molecule has 0 aliphatic carbocycles. The lowest BCUT2D eigenvalue weighted by Gasteiger charge is -2.09. The smallest absolute Gasteiger partial charge is 0.226 e. The van der Waals surface area contributed by atoms with Crippen molar-refractivity contribution >= 4 is 5.95 Å². The number of ether oxygens (including phenoxy) is 1. The van der Waals surface area contributed by atoms with Crippen LogP contribution in [0.5, 0.6) is 5.88 Å². The van der Waals surface area contributed by atoms with E-state index in [0.717, 1.165) is 30.8 Å². The normalized spacial score (nSPS) is 10.6. The summed E-state index contributed by atoms with van der Waals surface area (Å²) >= 11 is 0. The van der Waals surface area contributed by atoms with Crippen molar-refractivity contribution in [3.63, 3.8) is 0 Å². The Morgan fingerprint density at radius 3 is 2.85 bits per heavy atom. The predicted octanol–water partition coefficient (Wildman–Crippen LogP) is 2.19. The molecule has 0 spiro atoms. The Morgan fingerprint density at radius 1 is 1.30 bits per heavy atom. The highest BCUT2D eigenvalue weighted by molar-refractivity contribution is 5.30. The number of hydrogen-bond acceptors (Lipinski definition) is 5. The van der Waals surface area contributed by atoms with E-state index in [1.54, 1.807) is 0 Å². The van der Waals surface area contributed by atoms with Gasteiger partial charge in [-0.1, -0.05) is 6.92 Å². The van der Waals surface area contributed by atoms with Crippen molar-refractivity contribution in [2.75, 3.05) is 18.5 Å². The molecule has 20 heavy (non-hydrogen) atoms. The van der Waals surface area contributed by atoms with Crippen molar-refractivity contribution in [2.45, 2.75) is 33.7 Å². The van der Waals surface area contributed by atoms with Gasteiger partial charge < -0.3 is 10.1 Å². The topological polar surface area (TPSA) is 64.9 Å². The molecule has 2 rings (SSSR count). The summed E-state index contributed by atoms with van der Waals surface area (Å²) in [5.41, 5.74) is 2.05. The monoisotopic (exact) mass is 275 g/mol. The Bertz CT molecular complexity index is 552. The lowest BCUT2D eigenvalue weighted by Crippen LogP contribution is -2.13. The first-order valence-corrected chi connectivity index (χ1v) is 6.89. The summed E-state index contributed by atoms with van der Waals surface area (Å²) in [7, 11) is 0. The molecule has 0 amide bonds. The average molecular weight is 275 g/mol. The molecular weight excluding hydrogens is 254 g/mol. The van der Waals surface area contributed by atoms with Crippen LogP contribution < -0.4 is 10.1 Å². The van der Waals surface area contributed by atoms with Crippen LogP contribution in [0.3, 0.4) is 0 Å². The predicted molar refractivity (Wildman–Crippen MR) is 78.0 cm³/mol. The van der Waals surface area contributed by atoms with Gasteiger partial charge in [-0.15, -0.1) is 0 Å². The first kappa shape index (κ1) is 14.3. The zero-order valence-electron chi connectivity index (χ0n) is 12.3. The molecule has 0 aliphatic rings. The maximum absolute atomic E-state index is 5.54. The van der Waals surface area contributed by atoms with Gasteiger partial charge in [0.05, 0.1) is 19.3 Å². The molecule has 0 unspecified atom stereocenters. The van der Waals surface area contributed by atoms with Gasteiger partial charge in [0.15, 0.2) is 0 Å². The molecule has 6 heteroatoms. The Kier molecular flexibility index (Phi) is 4.92. The number of hydrogen-bond donors (Lipinski definition) is 1. The lowest BCUT2D eigenvalue weighted by atomic mass is 10.4. The molecule has 0 saturated heterocycles. The van der Waals surface area contributed by atoms with Crippen LogP contribution in [0.4, 0.5) is 5.95 Å². The summed E-state index contributed by atoms with van der Waals surface area (Å²) in [6.45, 7) is 8.19. The van der Waals surface area contributed by atoms with Crippen LogP contribution in [0.25, 0.3) is 0 Å². The second-order valence-corrected chi connectivity index (χ2v) is 4.73. The highest BCUT2D eigenvalue weighted by Crippen LogP contribution is 2.12. The number of nitrogens with one attached hydrogen (secondary N) is 1. The number of aromatic nitrogens is 4. The fourth-order valence-electron chi connectivity index (χ4n) is 1.77. The molecule has 0 aromatic carbocycles. The second kappa shape index (κ2) is 6.88. The zero-order chi connectivity index (χ0) is 14.4. The van der Waals surface area contributed by atoms with Crippen LogP contribution in [-0.4, -0.2) is 32.9 Å². The molecule has 108 valence electrons. The molecule has 2 aromatic heterocycles. The van der Waals surface area contributed by atoms with Crippen LogP contribution in [0.1, 0.15) is 24.6 Å². The highest BCUT2D eigenvalue weighted by Gasteiger charge is 2.03. The summed E-state index contributed by atoms with van der Waals surface area (Å²) in [5, 5.41) is 7.43. The fraction of sp³-hybridized carbons (Fsp3) is 0.500. The maximum atomic E-state index is 5.54. The molecule has 0 fully saturated rings. The van der Waals surface area contributed by atoms with Crippen LogP contribution >= 0.6 is 0 Å². The van der Waals surface area contributed by atoms with Crippen LogP contribution in [0, 0.1) is 13.8 Å². The Morgan fingerprint density at radius 2 is 2.15 bits per heavy atom. The molecule has 0 atom stereocenters. The van der Waals surface area contributed by atoms with Crippen molar-refractivity contribution in [1.29, 1.82) is 0 Å². The second-order valence-electron chi connectivity index (χ2n) is 4.73. The minimum absolute atomic E-state index is 0.597. The number of nitrogens with zero attached hydrogens (tertiary/aromatic N) is 4. The van der Waals surface area contributed by atoms with Gasteiger partial charge in [-0.25, -0.2) is 4.98 Å². The summed E-state index contributed by atoms with van der Waals surface area (Å²) in [5.74, 6) is 1.22. The van der Waals surface area contributed by atoms with Gasteiger partial charge in [-0.3, -0.25) is 4.68 Å². The van der Waals surface area contributed by atoms with E-state index in [1.807, 2.05) is 37.0 Å². The van der Waals surface area contributed by atoms with Crippen molar-refractivity contribution < 1.29 is 4.74 Å². The fourth-order valence-corrected chi connectivity index (χ4v) is 1.77. The van der Waals surface area contributed by atoms with Crippen molar-refractivity contribution in [3.8, 4) is 5.88 Å². The van der Waals surface area contributed by atoms with Crippen LogP contribution in [0.15, 0.2) is 18.5 Å². The van der Waals surface area contributed by atoms with E-state index in [2.05, 4.69) is 27.3 Å². The molecule has 0 aliphatic heterocycles. The van der Waals surface area contributed by atoms with E-state index >= 15 is 0 Å². The Hall–Kier alpha value is -2.11. The molecule has 0 saturated carbocycles. The van der Waals surface area contributed by atoms with Gasteiger partial charge in [-0.05, 0) is 25.8 Å². The number of aryl methyl sites for hydroxylation is 2. The largest absolute Gasteiger partial charge is 0.478 e. The lowest BCUT2D eigenvalue weighted by molar-refractivity contribution is 0.305. The summed E-state index contributed by atoms with van der Waals surface area (Å²) in [4.78, 5) is 8.68. The summed E-state index contributed by atoms with van der Waals surface area (Å²) in [6.07, 6.45) is 4.82. The van der Waals surface area contributed by atoms with Gasteiger partial charge in [0, 0.05) is 24.5 Å². The minimum atomic E-state index is 0.597. The van der Waals surface area contributed by atoms with E-state index in [-0.39, 0.29) is 0 Å². The third-order valence-corrected chi connectivity index (χ3v) is 2.67. The molecule has 0 radical (unpaired) electrons. The first-order chi connectivity index (χ1) is 9.67. The van der Waals surface area contributed by atoms with Crippen molar-refractivity contribution in [1.82, 2.24) is 19.7 Å². The summed E-state index contributed by atoms with van der Waals surface area (Å²) < 4.78 is 7.43. The van der Waals surface area contributed by atoms with E-state index in [4.69, 9.17) is 4.74 Å². The molecule has 2 heterocycles. The Balaban J connectivity index is 1.89. The van der Waals surface area contributed by atoms with E-state index in [9.17, 15) is 0 Å². The number of anilines is 1. The quantitative estimate of drug-likeness (QED) is 0.839. The van der Waals surface area contributed by atoms with E-state index < -0.39 is 0 Å².